The maximum Gasteiger partial charge on any atom is 0.257 e. The number of amides is 1. The zero-order valence-electron chi connectivity index (χ0n) is 13.3. The van der Waals surface area contributed by atoms with Crippen molar-refractivity contribution in [2.45, 2.75) is 12.5 Å². The smallest absolute Gasteiger partial charge is 0.257 e. The zero-order chi connectivity index (χ0) is 16.4. The molecule has 5 heteroatoms. The van der Waals surface area contributed by atoms with Crippen LogP contribution in [0.5, 0.6) is 11.5 Å². The van der Waals surface area contributed by atoms with Crippen LogP contribution in [0.2, 0.25) is 0 Å². The average Bonchev–Trinajstić information content (AvgIpc) is 2.91. The Kier molecular flexibility index (Phi) is 3.78. The van der Waals surface area contributed by atoms with Crippen LogP contribution < -0.4 is 14.8 Å². The van der Waals surface area contributed by atoms with Gasteiger partial charge in [0.05, 0.1) is 14.2 Å². The lowest BCUT2D eigenvalue weighted by Crippen LogP contribution is -2.35. The lowest BCUT2D eigenvalue weighted by Gasteiger charge is -2.18. The predicted molar refractivity (Wildman–Crippen MR) is 88.0 cm³/mol. The molecule has 0 radical (unpaired) electrons. The van der Waals surface area contributed by atoms with Gasteiger partial charge in [-0.05, 0) is 36.8 Å². The Morgan fingerprint density at radius 3 is 2.35 bits per heavy atom. The van der Waals surface area contributed by atoms with Gasteiger partial charge in [-0.15, -0.1) is 0 Å². The maximum absolute atomic E-state index is 12.5. The van der Waals surface area contributed by atoms with Crippen LogP contribution in [-0.4, -0.2) is 26.0 Å². The van der Waals surface area contributed by atoms with Gasteiger partial charge in [-0.25, -0.2) is 4.99 Å². The minimum absolute atomic E-state index is 0.163. The molecule has 0 aromatic heterocycles. The van der Waals surface area contributed by atoms with Crippen molar-refractivity contribution < 1.29 is 14.3 Å². The van der Waals surface area contributed by atoms with Gasteiger partial charge in [0.1, 0.15) is 17.3 Å². The van der Waals surface area contributed by atoms with Crippen LogP contribution in [0.1, 0.15) is 18.1 Å². The van der Waals surface area contributed by atoms with Crippen molar-refractivity contribution >= 4 is 11.7 Å². The average molecular weight is 310 g/mol. The van der Waals surface area contributed by atoms with Gasteiger partial charge in [0.15, 0.2) is 5.54 Å². The Morgan fingerprint density at radius 2 is 1.65 bits per heavy atom. The number of nitrogens with zero attached hydrogens (tertiary/aromatic N) is 1. The van der Waals surface area contributed by atoms with Crippen molar-refractivity contribution in [1.29, 1.82) is 0 Å². The first kappa shape index (κ1) is 15.1. The van der Waals surface area contributed by atoms with Crippen LogP contribution in [0.3, 0.4) is 0 Å². The normalized spacial score (nSPS) is 20.0. The SMILES string of the molecule is COc1cccc(C2=NC(C)(c3cccc(OC)c3)C(=O)N2)c1. The molecule has 23 heavy (non-hydrogen) atoms. The number of aliphatic imine (C=N–C) groups is 1. The fourth-order valence-corrected chi connectivity index (χ4v) is 2.56. The van der Waals surface area contributed by atoms with E-state index < -0.39 is 5.54 Å². The first-order valence-electron chi connectivity index (χ1n) is 7.27. The molecule has 1 atom stereocenters. The van der Waals surface area contributed by atoms with E-state index in [0.717, 1.165) is 16.9 Å². The summed E-state index contributed by atoms with van der Waals surface area (Å²) >= 11 is 0. The third-order valence-electron chi connectivity index (χ3n) is 3.98. The molecule has 2 aromatic rings. The van der Waals surface area contributed by atoms with Gasteiger partial charge in [-0.3, -0.25) is 4.79 Å². The largest absolute Gasteiger partial charge is 0.497 e. The first-order chi connectivity index (χ1) is 11.1. The van der Waals surface area contributed by atoms with E-state index in [-0.39, 0.29) is 5.91 Å². The Bertz CT molecular complexity index is 785. The fourth-order valence-electron chi connectivity index (χ4n) is 2.56. The van der Waals surface area contributed by atoms with Crippen molar-refractivity contribution in [2.75, 3.05) is 14.2 Å². The molecule has 1 aliphatic rings. The summed E-state index contributed by atoms with van der Waals surface area (Å²) in [6, 6.07) is 14.8. The van der Waals surface area contributed by atoms with Crippen LogP contribution in [0.4, 0.5) is 0 Å². The lowest BCUT2D eigenvalue weighted by molar-refractivity contribution is -0.123. The Hall–Kier alpha value is -2.82. The molecule has 1 heterocycles. The highest BCUT2D eigenvalue weighted by Crippen LogP contribution is 2.32. The van der Waals surface area contributed by atoms with Gasteiger partial charge < -0.3 is 14.8 Å². The zero-order valence-corrected chi connectivity index (χ0v) is 13.3. The molecule has 0 saturated heterocycles. The quantitative estimate of drug-likeness (QED) is 0.944. The van der Waals surface area contributed by atoms with Crippen molar-refractivity contribution in [3.63, 3.8) is 0 Å². The van der Waals surface area contributed by atoms with E-state index in [1.54, 1.807) is 21.1 Å². The lowest BCUT2D eigenvalue weighted by atomic mass is 9.92. The van der Waals surface area contributed by atoms with Gasteiger partial charge in [-0.1, -0.05) is 24.3 Å². The molecule has 0 spiro atoms. The number of hydrogen-bond acceptors (Lipinski definition) is 4. The van der Waals surface area contributed by atoms with E-state index in [1.165, 1.54) is 0 Å². The molecular weight excluding hydrogens is 292 g/mol. The van der Waals surface area contributed by atoms with Gasteiger partial charge in [-0.2, -0.15) is 0 Å². The molecule has 1 aliphatic heterocycles. The van der Waals surface area contributed by atoms with E-state index in [1.807, 2.05) is 48.5 Å². The molecule has 5 nitrogen and oxygen atoms in total. The minimum atomic E-state index is -0.979. The number of hydrogen-bond donors (Lipinski definition) is 1. The van der Waals surface area contributed by atoms with Crippen LogP contribution in [0.25, 0.3) is 0 Å². The van der Waals surface area contributed by atoms with Crippen molar-refractivity contribution in [3.8, 4) is 11.5 Å². The standard InChI is InChI=1S/C18H18N2O3/c1-18(13-7-5-9-15(11-13)23-3)17(21)19-16(20-18)12-6-4-8-14(10-12)22-2/h4-11H,1-3H3,(H,19,20,21). The molecule has 1 unspecified atom stereocenters. The molecule has 0 saturated carbocycles. The number of carbonyl (C=O) groups is 1. The second kappa shape index (κ2) is 5.76. The van der Waals surface area contributed by atoms with E-state index in [4.69, 9.17) is 9.47 Å². The molecule has 2 aromatic carbocycles. The molecule has 0 fully saturated rings. The highest BCUT2D eigenvalue weighted by atomic mass is 16.5. The summed E-state index contributed by atoms with van der Waals surface area (Å²) in [5, 5.41) is 2.86. The van der Waals surface area contributed by atoms with Crippen LogP contribution in [0, 0.1) is 0 Å². The molecule has 0 bridgehead atoms. The van der Waals surface area contributed by atoms with E-state index in [9.17, 15) is 4.79 Å². The molecule has 118 valence electrons. The highest BCUT2D eigenvalue weighted by Gasteiger charge is 2.41. The first-order valence-corrected chi connectivity index (χ1v) is 7.27. The number of benzene rings is 2. The second-order valence-corrected chi connectivity index (χ2v) is 5.45. The monoisotopic (exact) mass is 310 g/mol. The van der Waals surface area contributed by atoms with Gasteiger partial charge in [0.25, 0.3) is 5.91 Å². The number of ether oxygens (including phenoxy) is 2. The fraction of sp³-hybridized carbons (Fsp3) is 0.222. The third kappa shape index (κ3) is 2.65. The molecule has 0 aliphatic carbocycles. The highest BCUT2D eigenvalue weighted by molar-refractivity contribution is 6.15. The predicted octanol–water partition coefficient (Wildman–Crippen LogP) is 2.50. The van der Waals surface area contributed by atoms with E-state index >= 15 is 0 Å². The maximum atomic E-state index is 12.5. The molecule has 1 N–H and O–H groups in total. The summed E-state index contributed by atoms with van der Waals surface area (Å²) in [7, 11) is 3.20. The summed E-state index contributed by atoms with van der Waals surface area (Å²) < 4.78 is 10.5. The number of carbonyl (C=O) groups excluding carboxylic acids is 1. The van der Waals surface area contributed by atoms with Crippen molar-refractivity contribution in [1.82, 2.24) is 5.32 Å². The van der Waals surface area contributed by atoms with E-state index in [0.29, 0.717) is 11.6 Å². The Balaban J connectivity index is 2.02. The number of rotatable bonds is 4. The third-order valence-corrected chi connectivity index (χ3v) is 3.98. The summed E-state index contributed by atoms with van der Waals surface area (Å²) in [5.41, 5.74) is 0.615. The Labute approximate surface area is 135 Å². The summed E-state index contributed by atoms with van der Waals surface area (Å²) in [6.45, 7) is 1.80. The van der Waals surface area contributed by atoms with Crippen LogP contribution >= 0.6 is 0 Å². The van der Waals surface area contributed by atoms with Crippen molar-refractivity contribution in [2.24, 2.45) is 4.99 Å². The number of amidine groups is 1. The molecular formula is C18H18N2O3. The van der Waals surface area contributed by atoms with Crippen molar-refractivity contribution in [3.05, 3.63) is 59.7 Å². The van der Waals surface area contributed by atoms with Crippen LogP contribution in [0.15, 0.2) is 53.5 Å². The summed E-state index contributed by atoms with van der Waals surface area (Å²) in [6.07, 6.45) is 0. The minimum Gasteiger partial charge on any atom is -0.497 e. The van der Waals surface area contributed by atoms with E-state index in [2.05, 4.69) is 10.3 Å². The number of methoxy groups -OCH3 is 2. The van der Waals surface area contributed by atoms with Gasteiger partial charge >= 0.3 is 0 Å². The summed E-state index contributed by atoms with van der Waals surface area (Å²) in [4.78, 5) is 17.2. The second-order valence-electron chi connectivity index (χ2n) is 5.45. The molecule has 1 amide bonds. The topological polar surface area (TPSA) is 59.9 Å². The Morgan fingerprint density at radius 1 is 1.00 bits per heavy atom. The van der Waals surface area contributed by atoms with Crippen LogP contribution in [-0.2, 0) is 10.3 Å². The molecule has 3 rings (SSSR count). The summed E-state index contributed by atoms with van der Waals surface area (Å²) in [5.74, 6) is 1.79. The van der Waals surface area contributed by atoms with Gasteiger partial charge in [0.2, 0.25) is 0 Å². The number of nitrogens with one attached hydrogen (secondary N) is 1. The van der Waals surface area contributed by atoms with Gasteiger partial charge in [0, 0.05) is 5.56 Å².